The molecule has 0 fully saturated rings. The Morgan fingerprint density at radius 1 is 1.15 bits per heavy atom. The van der Waals surface area contributed by atoms with Crippen molar-refractivity contribution in [2.45, 2.75) is 38.5 Å². The van der Waals surface area contributed by atoms with Gasteiger partial charge in [0.15, 0.2) is 11.5 Å². The van der Waals surface area contributed by atoms with Crippen LogP contribution in [0.2, 0.25) is 0 Å². The third-order valence-corrected chi connectivity index (χ3v) is 3.91. The first kappa shape index (κ1) is 16.3. The molecule has 1 aromatic carbocycles. The lowest BCUT2D eigenvalue weighted by Gasteiger charge is -2.19. The normalized spacial score (nSPS) is 11.4. The van der Waals surface area contributed by atoms with Crippen molar-refractivity contribution in [1.82, 2.24) is 0 Å². The summed E-state index contributed by atoms with van der Waals surface area (Å²) in [5, 5.41) is 27.4. The number of primary sulfonamides is 1. The van der Waals surface area contributed by atoms with Crippen LogP contribution in [0.1, 0.15) is 31.9 Å². The van der Waals surface area contributed by atoms with Gasteiger partial charge in [0, 0.05) is 18.1 Å². The molecule has 0 atom stereocenters. The van der Waals surface area contributed by atoms with Crippen LogP contribution in [0.15, 0.2) is 4.90 Å². The van der Waals surface area contributed by atoms with Crippen LogP contribution in [0.5, 0.6) is 11.5 Å². The summed E-state index contributed by atoms with van der Waals surface area (Å²) in [5.41, 5.74) is 0.0273. The Balaban J connectivity index is 3.93. The van der Waals surface area contributed by atoms with E-state index < -0.39 is 27.4 Å². The molecular weight excluding hydrogens is 284 g/mol. The summed E-state index contributed by atoms with van der Waals surface area (Å²) < 4.78 is 23.6. The molecule has 0 heterocycles. The zero-order chi connectivity index (χ0) is 15.7. The van der Waals surface area contributed by atoms with Crippen molar-refractivity contribution in [3.05, 3.63) is 11.1 Å². The number of phenols is 2. The van der Waals surface area contributed by atoms with Crippen LogP contribution >= 0.6 is 0 Å². The Morgan fingerprint density at radius 3 is 1.95 bits per heavy atom. The van der Waals surface area contributed by atoms with Gasteiger partial charge < -0.3 is 15.5 Å². The van der Waals surface area contributed by atoms with Gasteiger partial charge in [0.1, 0.15) is 4.90 Å². The maximum atomic E-state index is 11.8. The second-order valence-electron chi connectivity index (χ2n) is 4.29. The van der Waals surface area contributed by atoms with E-state index in [1.165, 1.54) is 6.92 Å². The molecule has 1 amide bonds. The van der Waals surface area contributed by atoms with E-state index in [9.17, 15) is 23.4 Å². The van der Waals surface area contributed by atoms with Gasteiger partial charge in [0.25, 0.3) is 0 Å². The highest BCUT2D eigenvalue weighted by Gasteiger charge is 2.28. The van der Waals surface area contributed by atoms with Crippen molar-refractivity contribution < 1.29 is 23.4 Å². The molecular formula is C12H18N2O5S. The summed E-state index contributed by atoms with van der Waals surface area (Å²) in [6.07, 6.45) is 0.337. The number of carbonyl (C=O) groups excluding carboxylic acids is 1. The van der Waals surface area contributed by atoms with Crippen molar-refractivity contribution in [1.29, 1.82) is 0 Å². The van der Waals surface area contributed by atoms with Crippen molar-refractivity contribution in [2.24, 2.45) is 5.14 Å². The van der Waals surface area contributed by atoms with Crippen molar-refractivity contribution >= 4 is 21.6 Å². The molecule has 20 heavy (non-hydrogen) atoms. The quantitative estimate of drug-likeness (QED) is 0.483. The number of hydrogen-bond donors (Lipinski definition) is 4. The lowest BCUT2D eigenvalue weighted by Crippen LogP contribution is -2.20. The Bertz CT molecular complexity index is 653. The summed E-state index contributed by atoms with van der Waals surface area (Å²) in [6, 6.07) is 0. The molecule has 0 aliphatic heterocycles. The largest absolute Gasteiger partial charge is 0.504 e. The van der Waals surface area contributed by atoms with Crippen molar-refractivity contribution in [2.75, 3.05) is 5.32 Å². The second kappa shape index (κ2) is 5.68. The molecule has 0 saturated heterocycles. The summed E-state index contributed by atoms with van der Waals surface area (Å²) >= 11 is 0. The van der Waals surface area contributed by atoms with Gasteiger partial charge in [-0.15, -0.1) is 0 Å². The van der Waals surface area contributed by atoms with Gasteiger partial charge in [-0.25, -0.2) is 13.6 Å². The Labute approximate surface area is 117 Å². The molecule has 0 spiro atoms. The first-order chi connectivity index (χ1) is 9.15. The molecule has 0 unspecified atom stereocenters. The first-order valence-electron chi connectivity index (χ1n) is 6.05. The summed E-state index contributed by atoms with van der Waals surface area (Å²) in [6.45, 7) is 4.46. The van der Waals surface area contributed by atoms with Crippen LogP contribution in [0.25, 0.3) is 0 Å². The van der Waals surface area contributed by atoms with Crippen LogP contribution < -0.4 is 10.5 Å². The van der Waals surface area contributed by atoms with Crippen LogP contribution in [-0.4, -0.2) is 24.5 Å². The summed E-state index contributed by atoms with van der Waals surface area (Å²) in [5.74, 6) is -1.47. The molecule has 112 valence electrons. The molecule has 0 saturated carbocycles. The summed E-state index contributed by atoms with van der Waals surface area (Å²) in [7, 11) is -4.18. The van der Waals surface area contributed by atoms with E-state index in [0.717, 1.165) is 0 Å². The van der Waals surface area contributed by atoms with E-state index in [1.54, 1.807) is 13.8 Å². The van der Waals surface area contributed by atoms with Crippen molar-refractivity contribution in [3.8, 4) is 11.5 Å². The molecule has 8 heteroatoms. The van der Waals surface area contributed by atoms with Gasteiger partial charge in [-0.05, 0) is 12.8 Å². The average Bonchev–Trinajstić information content (AvgIpc) is 2.31. The second-order valence-corrected chi connectivity index (χ2v) is 5.79. The lowest BCUT2D eigenvalue weighted by atomic mass is 10.0. The molecule has 0 aromatic heterocycles. The zero-order valence-corrected chi connectivity index (χ0v) is 12.3. The fourth-order valence-corrected chi connectivity index (χ4v) is 3.14. The van der Waals surface area contributed by atoms with Gasteiger partial charge in [-0.3, -0.25) is 4.79 Å². The van der Waals surface area contributed by atoms with Crippen molar-refractivity contribution in [3.63, 3.8) is 0 Å². The zero-order valence-electron chi connectivity index (χ0n) is 11.5. The van der Waals surface area contributed by atoms with E-state index in [4.69, 9.17) is 5.14 Å². The van der Waals surface area contributed by atoms with Gasteiger partial charge >= 0.3 is 0 Å². The standard InChI is InChI=1S/C12H18N2O5S/c1-4-7-9(14-6(3)15)12(20(13,18)19)8(5-2)11(17)10(7)16/h16-17H,4-5H2,1-3H3,(H,14,15)(H2,13,18,19). The minimum Gasteiger partial charge on any atom is -0.504 e. The fraction of sp³-hybridized carbons (Fsp3) is 0.417. The minimum absolute atomic E-state index is 0.0223. The molecule has 5 N–H and O–H groups in total. The van der Waals surface area contributed by atoms with E-state index in [0.29, 0.717) is 0 Å². The van der Waals surface area contributed by atoms with E-state index >= 15 is 0 Å². The summed E-state index contributed by atoms with van der Waals surface area (Å²) in [4.78, 5) is 10.9. The molecule has 0 radical (unpaired) electrons. The highest BCUT2D eigenvalue weighted by atomic mass is 32.2. The number of rotatable bonds is 4. The topological polar surface area (TPSA) is 130 Å². The Kier molecular flexibility index (Phi) is 4.61. The lowest BCUT2D eigenvalue weighted by molar-refractivity contribution is -0.114. The molecule has 1 aromatic rings. The van der Waals surface area contributed by atoms with Gasteiger partial charge in [-0.1, -0.05) is 13.8 Å². The number of nitrogens with one attached hydrogen (secondary N) is 1. The molecule has 1 rings (SSSR count). The highest BCUT2D eigenvalue weighted by molar-refractivity contribution is 7.89. The van der Waals surface area contributed by atoms with Crippen LogP contribution in [0.4, 0.5) is 5.69 Å². The van der Waals surface area contributed by atoms with E-state index in [1.807, 2.05) is 0 Å². The number of nitrogens with two attached hydrogens (primary N) is 1. The number of hydrogen-bond acceptors (Lipinski definition) is 5. The average molecular weight is 302 g/mol. The third-order valence-electron chi connectivity index (χ3n) is 2.89. The van der Waals surface area contributed by atoms with Crippen LogP contribution in [0.3, 0.4) is 0 Å². The number of phenolic OH excluding ortho intramolecular Hbond substituents is 2. The Hall–Kier alpha value is -1.80. The van der Waals surface area contributed by atoms with Gasteiger partial charge in [-0.2, -0.15) is 0 Å². The molecule has 0 aliphatic rings. The van der Waals surface area contributed by atoms with Crippen LogP contribution in [-0.2, 0) is 27.7 Å². The fourth-order valence-electron chi connectivity index (χ4n) is 2.09. The molecule has 7 nitrogen and oxygen atoms in total. The van der Waals surface area contributed by atoms with Gasteiger partial charge in [0.05, 0.1) is 5.69 Å². The molecule has 0 bridgehead atoms. The maximum absolute atomic E-state index is 11.8. The SMILES string of the molecule is CCc1c(O)c(O)c(CC)c(S(N)(=O)=O)c1NC(C)=O. The van der Waals surface area contributed by atoms with E-state index in [2.05, 4.69) is 5.32 Å². The number of aromatic hydroxyl groups is 2. The third kappa shape index (κ3) is 2.86. The molecule has 0 aliphatic carbocycles. The monoisotopic (exact) mass is 302 g/mol. The number of sulfonamides is 1. The Morgan fingerprint density at radius 2 is 1.60 bits per heavy atom. The predicted molar refractivity (Wildman–Crippen MR) is 74.2 cm³/mol. The minimum atomic E-state index is -4.18. The smallest absolute Gasteiger partial charge is 0.240 e. The maximum Gasteiger partial charge on any atom is 0.240 e. The van der Waals surface area contributed by atoms with E-state index in [-0.39, 0.29) is 34.6 Å². The number of carbonyl (C=O) groups is 1. The number of amides is 1. The van der Waals surface area contributed by atoms with Gasteiger partial charge in [0.2, 0.25) is 15.9 Å². The highest BCUT2D eigenvalue weighted by Crippen LogP contribution is 2.43. The predicted octanol–water partition coefficient (Wildman–Crippen LogP) is 0.828. The van der Waals surface area contributed by atoms with Crippen LogP contribution in [0, 0.1) is 0 Å². The first-order valence-corrected chi connectivity index (χ1v) is 7.59. The number of anilines is 1. The number of benzene rings is 1.